The van der Waals surface area contributed by atoms with E-state index < -0.39 is 0 Å². The first-order chi connectivity index (χ1) is 7.90. The van der Waals surface area contributed by atoms with E-state index >= 15 is 0 Å². The van der Waals surface area contributed by atoms with Gasteiger partial charge in [-0.25, -0.2) is 0 Å². The van der Waals surface area contributed by atoms with E-state index in [4.69, 9.17) is 0 Å². The zero-order valence-electron chi connectivity index (χ0n) is 9.65. The molecule has 0 saturated heterocycles. The van der Waals surface area contributed by atoms with Crippen LogP contribution in [-0.4, -0.2) is 4.37 Å². The first kappa shape index (κ1) is 11.3. The molecule has 16 heavy (non-hydrogen) atoms. The first-order valence-electron chi connectivity index (χ1n) is 5.91. The monoisotopic (exact) mass is 231 g/mol. The van der Waals surface area contributed by atoms with Gasteiger partial charge in [0.15, 0.2) is 0 Å². The number of unbranched alkanes of at least 4 members (excludes halogenated alkanes) is 2. The molecule has 1 aromatic carbocycles. The van der Waals surface area contributed by atoms with Crippen molar-refractivity contribution in [2.75, 3.05) is 0 Å². The van der Waals surface area contributed by atoms with E-state index in [0.717, 1.165) is 6.42 Å². The van der Waals surface area contributed by atoms with Gasteiger partial charge in [-0.3, -0.25) is 0 Å². The fourth-order valence-electron chi connectivity index (χ4n) is 1.72. The van der Waals surface area contributed by atoms with Crippen molar-refractivity contribution in [3.05, 3.63) is 42.1 Å². The van der Waals surface area contributed by atoms with Crippen molar-refractivity contribution >= 4 is 11.5 Å². The van der Waals surface area contributed by atoms with Gasteiger partial charge in [-0.15, -0.1) is 0 Å². The van der Waals surface area contributed by atoms with Crippen LogP contribution in [0.3, 0.4) is 0 Å². The molecule has 2 heteroatoms. The SMILES string of the molecule is CCCCCc1cc(-c2ccccc2)sn1. The molecule has 0 atom stereocenters. The molecule has 84 valence electrons. The molecule has 0 amide bonds. The average Bonchev–Trinajstić information content (AvgIpc) is 2.79. The molecule has 0 saturated carbocycles. The van der Waals surface area contributed by atoms with Gasteiger partial charge in [0.1, 0.15) is 0 Å². The number of hydrogen-bond donors (Lipinski definition) is 0. The Morgan fingerprint density at radius 1 is 1.12 bits per heavy atom. The second-order valence-electron chi connectivity index (χ2n) is 4.01. The molecule has 0 fully saturated rings. The number of hydrogen-bond acceptors (Lipinski definition) is 2. The van der Waals surface area contributed by atoms with Crippen LogP contribution < -0.4 is 0 Å². The second-order valence-corrected chi connectivity index (χ2v) is 4.81. The molecule has 1 heterocycles. The molecule has 2 aromatic rings. The van der Waals surface area contributed by atoms with Gasteiger partial charge in [-0.2, -0.15) is 4.37 Å². The summed E-state index contributed by atoms with van der Waals surface area (Å²) in [5, 5.41) is 0. The van der Waals surface area contributed by atoms with E-state index in [9.17, 15) is 0 Å². The van der Waals surface area contributed by atoms with Crippen molar-refractivity contribution in [2.45, 2.75) is 32.6 Å². The Bertz CT molecular complexity index is 419. The van der Waals surface area contributed by atoms with E-state index in [1.807, 2.05) is 6.07 Å². The van der Waals surface area contributed by atoms with E-state index in [1.54, 1.807) is 11.5 Å². The Labute approximate surface area is 101 Å². The highest BCUT2D eigenvalue weighted by atomic mass is 32.1. The summed E-state index contributed by atoms with van der Waals surface area (Å²) < 4.78 is 4.51. The summed E-state index contributed by atoms with van der Waals surface area (Å²) in [6.07, 6.45) is 4.96. The highest BCUT2D eigenvalue weighted by Gasteiger charge is 2.03. The summed E-state index contributed by atoms with van der Waals surface area (Å²) in [6.45, 7) is 2.23. The van der Waals surface area contributed by atoms with Crippen LogP contribution in [-0.2, 0) is 6.42 Å². The lowest BCUT2D eigenvalue weighted by Gasteiger charge is -1.94. The number of rotatable bonds is 5. The fourth-order valence-corrected chi connectivity index (χ4v) is 2.51. The van der Waals surface area contributed by atoms with E-state index in [2.05, 4.69) is 41.6 Å². The lowest BCUT2D eigenvalue weighted by atomic mass is 10.1. The van der Waals surface area contributed by atoms with Crippen molar-refractivity contribution in [3.63, 3.8) is 0 Å². The Morgan fingerprint density at radius 2 is 1.94 bits per heavy atom. The molecule has 0 aliphatic heterocycles. The topological polar surface area (TPSA) is 12.9 Å². The molecule has 0 aliphatic rings. The van der Waals surface area contributed by atoms with Gasteiger partial charge in [0.05, 0.1) is 10.6 Å². The minimum absolute atomic E-state index is 1.12. The molecule has 0 spiro atoms. The van der Waals surface area contributed by atoms with Crippen LogP contribution in [0.15, 0.2) is 36.4 Å². The van der Waals surface area contributed by atoms with E-state index in [-0.39, 0.29) is 0 Å². The van der Waals surface area contributed by atoms with Gasteiger partial charge in [-0.1, -0.05) is 50.1 Å². The molecule has 0 aliphatic carbocycles. The molecule has 0 bridgehead atoms. The molecule has 0 N–H and O–H groups in total. The van der Waals surface area contributed by atoms with Crippen molar-refractivity contribution in [1.82, 2.24) is 4.37 Å². The number of nitrogens with zero attached hydrogens (tertiary/aromatic N) is 1. The van der Waals surface area contributed by atoms with Crippen molar-refractivity contribution < 1.29 is 0 Å². The maximum Gasteiger partial charge on any atom is 0.0552 e. The summed E-state index contributed by atoms with van der Waals surface area (Å²) in [5.74, 6) is 0. The minimum Gasteiger partial charge on any atom is -0.197 e. The standard InChI is InChI=1S/C14H17NS/c1-2-3-5-10-13-11-14(16-15-13)12-8-6-4-7-9-12/h4,6-9,11H,2-3,5,10H2,1H3. The van der Waals surface area contributed by atoms with Crippen LogP contribution in [0.5, 0.6) is 0 Å². The quantitative estimate of drug-likeness (QED) is 0.688. The molecular formula is C14H17NS. The Balaban J connectivity index is 2.02. The fraction of sp³-hybridized carbons (Fsp3) is 0.357. The third-order valence-corrected chi connectivity index (χ3v) is 3.53. The van der Waals surface area contributed by atoms with Gasteiger partial charge < -0.3 is 0 Å². The Morgan fingerprint density at radius 3 is 2.69 bits per heavy atom. The van der Waals surface area contributed by atoms with Gasteiger partial charge in [-0.05, 0) is 36.0 Å². The molecule has 0 unspecified atom stereocenters. The predicted molar refractivity (Wildman–Crippen MR) is 70.8 cm³/mol. The summed E-state index contributed by atoms with van der Waals surface area (Å²) >= 11 is 1.61. The van der Waals surface area contributed by atoms with Crippen molar-refractivity contribution in [3.8, 4) is 10.4 Å². The van der Waals surface area contributed by atoms with Gasteiger partial charge in [0.25, 0.3) is 0 Å². The summed E-state index contributed by atoms with van der Waals surface area (Å²) in [7, 11) is 0. The number of aryl methyl sites for hydroxylation is 1. The molecule has 1 nitrogen and oxygen atoms in total. The highest BCUT2D eigenvalue weighted by molar-refractivity contribution is 7.09. The average molecular weight is 231 g/mol. The second kappa shape index (κ2) is 5.80. The third kappa shape index (κ3) is 2.92. The van der Waals surface area contributed by atoms with Gasteiger partial charge >= 0.3 is 0 Å². The number of benzene rings is 1. The van der Waals surface area contributed by atoms with E-state index in [1.165, 1.54) is 35.4 Å². The van der Waals surface area contributed by atoms with Crippen LogP contribution in [0.4, 0.5) is 0 Å². The number of aromatic nitrogens is 1. The Hall–Kier alpha value is -1.15. The normalized spacial score (nSPS) is 10.6. The Kier molecular flexibility index (Phi) is 4.11. The van der Waals surface area contributed by atoms with Gasteiger partial charge in [0.2, 0.25) is 0 Å². The lowest BCUT2D eigenvalue weighted by molar-refractivity contribution is 0.711. The van der Waals surface area contributed by atoms with Crippen LogP contribution in [0.25, 0.3) is 10.4 Å². The highest BCUT2D eigenvalue weighted by Crippen LogP contribution is 2.24. The lowest BCUT2D eigenvalue weighted by Crippen LogP contribution is -1.83. The smallest absolute Gasteiger partial charge is 0.0552 e. The zero-order chi connectivity index (χ0) is 11.2. The van der Waals surface area contributed by atoms with Gasteiger partial charge in [0, 0.05) is 0 Å². The van der Waals surface area contributed by atoms with Crippen molar-refractivity contribution in [2.24, 2.45) is 0 Å². The maximum absolute atomic E-state index is 4.51. The maximum atomic E-state index is 4.51. The third-order valence-electron chi connectivity index (χ3n) is 2.65. The molecule has 0 radical (unpaired) electrons. The van der Waals surface area contributed by atoms with E-state index in [0.29, 0.717) is 0 Å². The summed E-state index contributed by atoms with van der Waals surface area (Å²) in [4.78, 5) is 1.28. The predicted octanol–water partition coefficient (Wildman–Crippen LogP) is 4.54. The summed E-state index contributed by atoms with van der Waals surface area (Å²) in [6, 6.07) is 12.7. The van der Waals surface area contributed by atoms with Crippen LogP contribution in [0, 0.1) is 0 Å². The largest absolute Gasteiger partial charge is 0.197 e. The first-order valence-corrected chi connectivity index (χ1v) is 6.68. The zero-order valence-corrected chi connectivity index (χ0v) is 10.5. The van der Waals surface area contributed by atoms with Crippen LogP contribution in [0.2, 0.25) is 0 Å². The van der Waals surface area contributed by atoms with Crippen molar-refractivity contribution in [1.29, 1.82) is 0 Å². The molecule has 1 aromatic heterocycles. The molecule has 2 rings (SSSR count). The minimum atomic E-state index is 1.12. The molecular weight excluding hydrogens is 214 g/mol. The van der Waals surface area contributed by atoms with Crippen LogP contribution >= 0.6 is 11.5 Å². The summed E-state index contributed by atoms with van der Waals surface area (Å²) in [5.41, 5.74) is 2.53. The van der Waals surface area contributed by atoms with Crippen LogP contribution in [0.1, 0.15) is 31.9 Å².